The molecule has 8 nitrogen and oxygen atoms in total. The number of hydrogen-bond acceptors (Lipinski definition) is 6. The smallest absolute Gasteiger partial charge is 0.312 e. The number of unbranched alkanes of at least 4 members (excludes halogenated alkanes) is 4. The molecule has 9 heteroatoms. The average molecular weight is 556 g/mol. The lowest BCUT2D eigenvalue weighted by Crippen LogP contribution is -2.57. The molecule has 1 N–H and O–H groups in total. The minimum absolute atomic E-state index is 0.0562. The Morgan fingerprint density at radius 1 is 1.26 bits per heavy atom. The summed E-state index contributed by atoms with van der Waals surface area (Å²) in [6, 6.07) is -0.807. The molecule has 0 aromatic rings. The molecule has 6 atom stereocenters. The maximum Gasteiger partial charge on any atom is 0.312 e. The fourth-order valence-corrected chi connectivity index (χ4v) is 6.84. The summed E-state index contributed by atoms with van der Waals surface area (Å²) in [5.41, 5.74) is -1.08. The number of amides is 2. The van der Waals surface area contributed by atoms with E-state index in [0.717, 1.165) is 25.7 Å². The van der Waals surface area contributed by atoms with Crippen LogP contribution in [0.3, 0.4) is 0 Å². The number of fused-ring (bicyclic) bond motifs is 1. The van der Waals surface area contributed by atoms with Crippen LogP contribution >= 0.6 is 15.9 Å². The van der Waals surface area contributed by atoms with Crippen LogP contribution in [-0.4, -0.2) is 88.1 Å². The van der Waals surface area contributed by atoms with Gasteiger partial charge >= 0.3 is 5.97 Å². The predicted octanol–water partition coefficient (Wildman–Crippen LogP) is 2.83. The highest BCUT2D eigenvalue weighted by Crippen LogP contribution is 2.60. The Kier molecular flexibility index (Phi) is 9.95. The molecule has 1 spiro atoms. The van der Waals surface area contributed by atoms with Gasteiger partial charge in [0.15, 0.2) is 0 Å². The van der Waals surface area contributed by atoms with Gasteiger partial charge in [-0.1, -0.05) is 54.4 Å². The lowest BCUT2D eigenvalue weighted by atomic mass is 9.70. The number of carbonyl (C=O) groups is 3. The minimum Gasteiger partial charge on any atom is -0.461 e. The predicted molar refractivity (Wildman–Crippen MR) is 136 cm³/mol. The van der Waals surface area contributed by atoms with E-state index in [1.54, 1.807) is 15.9 Å². The minimum atomic E-state index is -1.08. The van der Waals surface area contributed by atoms with E-state index >= 15 is 0 Å². The third kappa shape index (κ3) is 5.37. The lowest BCUT2D eigenvalue weighted by molar-refractivity contribution is -0.154. The summed E-state index contributed by atoms with van der Waals surface area (Å²) in [5.74, 6) is -2.39. The van der Waals surface area contributed by atoms with Crippen LogP contribution in [0, 0.1) is 11.8 Å². The van der Waals surface area contributed by atoms with Crippen molar-refractivity contribution in [2.24, 2.45) is 11.8 Å². The largest absolute Gasteiger partial charge is 0.461 e. The van der Waals surface area contributed by atoms with Gasteiger partial charge < -0.3 is 24.4 Å². The van der Waals surface area contributed by atoms with E-state index in [1.165, 1.54) is 6.08 Å². The molecule has 2 amide bonds. The molecule has 0 aliphatic carbocycles. The summed E-state index contributed by atoms with van der Waals surface area (Å²) in [5, 5.41) is 9.16. The number of likely N-dealkylation sites (tertiary alicyclic amines) is 1. The number of alkyl halides is 1. The second kappa shape index (κ2) is 12.5. The Balaban J connectivity index is 1.95. The average Bonchev–Trinajstić information content (AvgIpc) is 3.43. The highest BCUT2D eigenvalue weighted by atomic mass is 79.9. The van der Waals surface area contributed by atoms with Gasteiger partial charge in [-0.25, -0.2) is 0 Å². The second-order valence-electron chi connectivity index (χ2n) is 9.68. The van der Waals surface area contributed by atoms with E-state index in [2.05, 4.69) is 36.0 Å². The van der Waals surface area contributed by atoms with Crippen molar-refractivity contribution in [3.63, 3.8) is 0 Å². The monoisotopic (exact) mass is 554 g/mol. The van der Waals surface area contributed by atoms with Crippen LogP contribution in [0.5, 0.6) is 0 Å². The summed E-state index contributed by atoms with van der Waals surface area (Å²) < 4.78 is 11.8. The molecule has 0 radical (unpaired) electrons. The number of aliphatic hydroxyl groups excluding tert-OH is 1. The van der Waals surface area contributed by atoms with Crippen molar-refractivity contribution in [2.75, 3.05) is 32.8 Å². The number of carbonyl (C=O) groups excluding carboxylic acids is 3. The maximum absolute atomic E-state index is 14.1. The molecule has 35 heavy (non-hydrogen) atoms. The van der Waals surface area contributed by atoms with E-state index < -0.39 is 35.6 Å². The Labute approximate surface area is 216 Å². The highest BCUT2D eigenvalue weighted by Gasteiger charge is 2.77. The van der Waals surface area contributed by atoms with Gasteiger partial charge in [0.05, 0.1) is 17.9 Å². The fraction of sp³-hybridized carbons (Fsp3) is 0.731. The van der Waals surface area contributed by atoms with Gasteiger partial charge in [0.1, 0.15) is 18.2 Å². The van der Waals surface area contributed by atoms with E-state index in [-0.39, 0.29) is 29.9 Å². The Hall–Kier alpha value is -1.71. The zero-order valence-electron chi connectivity index (χ0n) is 20.7. The maximum atomic E-state index is 14.1. The van der Waals surface area contributed by atoms with Gasteiger partial charge in [-0.2, -0.15) is 0 Å². The van der Waals surface area contributed by atoms with E-state index in [1.807, 2.05) is 0 Å². The van der Waals surface area contributed by atoms with Crippen molar-refractivity contribution < 1.29 is 29.0 Å². The second-order valence-corrected chi connectivity index (χ2v) is 10.9. The van der Waals surface area contributed by atoms with Crippen LogP contribution < -0.4 is 0 Å². The molecule has 3 fully saturated rings. The molecule has 3 aliphatic rings. The van der Waals surface area contributed by atoms with Crippen LogP contribution in [0.4, 0.5) is 0 Å². The highest BCUT2D eigenvalue weighted by molar-refractivity contribution is 9.09. The molecular weight excluding hydrogens is 516 g/mol. The summed E-state index contributed by atoms with van der Waals surface area (Å²) in [6.07, 6.45) is 8.07. The summed E-state index contributed by atoms with van der Waals surface area (Å²) in [7, 11) is 0. The summed E-state index contributed by atoms with van der Waals surface area (Å²) >= 11 is 3.66. The first-order chi connectivity index (χ1) is 16.9. The SMILES string of the molecule is C=CCOC(=O)[C@H]1[C@H]2C(=O)N(CCCCCO)C(C(=O)N(CC=C)CCCCC)C23CC(Br)[C@@H]1O3. The van der Waals surface area contributed by atoms with Crippen molar-refractivity contribution in [1.29, 1.82) is 0 Å². The van der Waals surface area contributed by atoms with E-state index in [4.69, 9.17) is 14.6 Å². The van der Waals surface area contributed by atoms with Crippen molar-refractivity contribution in [2.45, 2.75) is 74.4 Å². The standard InChI is InChI=1S/C26H39BrN2O6/c1-4-7-9-13-28(12-5-2)24(32)22-26-17-18(27)21(35-26)19(25(33)34-16-6-3)20(26)23(31)29(22)14-10-8-11-15-30/h5-6,18-22,30H,2-4,7-17H2,1H3/t18?,19-,20-,21-,22?,26?/m0/s1. The number of nitrogens with zero attached hydrogens (tertiary/aromatic N) is 2. The third-order valence-electron chi connectivity index (χ3n) is 7.39. The first-order valence-corrected chi connectivity index (χ1v) is 13.7. The van der Waals surface area contributed by atoms with Gasteiger partial charge in [-0.15, -0.1) is 6.58 Å². The van der Waals surface area contributed by atoms with E-state index in [9.17, 15) is 14.4 Å². The van der Waals surface area contributed by atoms with Gasteiger partial charge in [0.25, 0.3) is 0 Å². The van der Waals surface area contributed by atoms with Crippen molar-refractivity contribution in [1.82, 2.24) is 9.80 Å². The Morgan fingerprint density at radius 2 is 2.03 bits per heavy atom. The van der Waals surface area contributed by atoms with E-state index in [0.29, 0.717) is 38.9 Å². The molecular formula is C26H39BrN2O6. The lowest BCUT2D eigenvalue weighted by Gasteiger charge is -2.37. The van der Waals surface area contributed by atoms with Crippen molar-refractivity contribution in [3.05, 3.63) is 25.3 Å². The number of aliphatic hydroxyl groups is 1. The van der Waals surface area contributed by atoms with Crippen LogP contribution in [0.15, 0.2) is 25.3 Å². The first kappa shape index (κ1) is 27.9. The number of esters is 1. The van der Waals surface area contributed by atoms with Gasteiger partial charge in [0.2, 0.25) is 11.8 Å². The molecule has 3 saturated heterocycles. The molecule has 0 aromatic heterocycles. The number of ether oxygens (including phenoxy) is 2. The molecule has 2 bridgehead atoms. The Bertz CT molecular complexity index is 807. The number of halogens is 1. The normalized spacial score (nSPS) is 30.9. The zero-order chi connectivity index (χ0) is 25.6. The topological polar surface area (TPSA) is 96.4 Å². The van der Waals surface area contributed by atoms with Crippen LogP contribution in [0.2, 0.25) is 0 Å². The van der Waals surface area contributed by atoms with Gasteiger partial charge in [0, 0.05) is 31.1 Å². The first-order valence-electron chi connectivity index (χ1n) is 12.8. The zero-order valence-corrected chi connectivity index (χ0v) is 22.3. The van der Waals surface area contributed by atoms with Crippen molar-refractivity contribution in [3.8, 4) is 0 Å². The van der Waals surface area contributed by atoms with Gasteiger partial charge in [-0.05, 0) is 32.1 Å². The molecule has 3 rings (SSSR count). The molecule has 0 saturated carbocycles. The van der Waals surface area contributed by atoms with Gasteiger partial charge in [-0.3, -0.25) is 14.4 Å². The molecule has 3 unspecified atom stereocenters. The fourth-order valence-electron chi connectivity index (χ4n) is 5.90. The molecule has 3 aliphatic heterocycles. The van der Waals surface area contributed by atoms with Crippen LogP contribution in [0.25, 0.3) is 0 Å². The van der Waals surface area contributed by atoms with Crippen LogP contribution in [-0.2, 0) is 23.9 Å². The Morgan fingerprint density at radius 3 is 2.69 bits per heavy atom. The summed E-state index contributed by atoms with van der Waals surface area (Å²) in [6.45, 7) is 11.0. The molecule has 196 valence electrons. The molecule has 3 heterocycles. The summed E-state index contributed by atoms with van der Waals surface area (Å²) in [4.78, 5) is 44.2. The quantitative estimate of drug-likeness (QED) is 0.145. The molecule has 0 aromatic carbocycles. The van der Waals surface area contributed by atoms with Crippen LogP contribution in [0.1, 0.15) is 51.9 Å². The third-order valence-corrected chi connectivity index (χ3v) is 8.23. The van der Waals surface area contributed by atoms with Crippen molar-refractivity contribution >= 4 is 33.7 Å². The number of rotatable bonds is 15. The number of hydrogen-bond donors (Lipinski definition) is 1.